The lowest BCUT2D eigenvalue weighted by atomic mass is 10.1. The Bertz CT molecular complexity index is 586. The van der Waals surface area contributed by atoms with E-state index in [0.29, 0.717) is 6.42 Å². The third kappa shape index (κ3) is 31.9. The summed E-state index contributed by atoms with van der Waals surface area (Å²) in [6, 6.07) is 0. The van der Waals surface area contributed by atoms with E-state index in [1.165, 1.54) is 89.9 Å². The molecule has 0 aromatic carbocycles. The molecule has 0 saturated carbocycles. The fourth-order valence-corrected chi connectivity index (χ4v) is 6.04. The average molecular weight is 656 g/mol. The van der Waals surface area contributed by atoms with Gasteiger partial charge in [0.25, 0.3) is 0 Å². The minimum absolute atomic E-state index is 0.0195. The number of ether oxygens (including phenoxy) is 3. The summed E-state index contributed by atoms with van der Waals surface area (Å²) in [5, 5.41) is 9.56. The highest BCUT2D eigenvalue weighted by Crippen LogP contribution is 2.15. The smallest absolute Gasteiger partial charge is 0.306 e. The minimum atomic E-state index is -0.0399. The zero-order valence-electron chi connectivity index (χ0n) is 31.5. The molecule has 1 atom stereocenters. The average Bonchev–Trinajstić information content (AvgIpc) is 3.06. The molecule has 0 aliphatic rings. The van der Waals surface area contributed by atoms with Crippen LogP contribution in [0.15, 0.2) is 0 Å². The highest BCUT2D eigenvalue weighted by Gasteiger charge is 2.12. The Balaban J connectivity index is 4.09. The number of aliphatic hydroxyl groups excluding tert-OH is 1. The van der Waals surface area contributed by atoms with E-state index in [4.69, 9.17) is 14.2 Å². The van der Waals surface area contributed by atoms with Crippen LogP contribution >= 0.6 is 0 Å². The molecule has 46 heavy (non-hydrogen) atoms. The predicted molar refractivity (Wildman–Crippen MR) is 196 cm³/mol. The van der Waals surface area contributed by atoms with E-state index in [2.05, 4.69) is 32.6 Å². The molecule has 0 aromatic heterocycles. The van der Waals surface area contributed by atoms with Gasteiger partial charge in [-0.1, -0.05) is 137 Å². The van der Waals surface area contributed by atoms with E-state index in [9.17, 15) is 9.90 Å². The number of hydrogen-bond donors (Lipinski definition) is 1. The molecule has 0 aromatic rings. The molecule has 0 aliphatic heterocycles. The summed E-state index contributed by atoms with van der Waals surface area (Å²) in [7, 11) is 0. The molecule has 0 heterocycles. The summed E-state index contributed by atoms with van der Waals surface area (Å²) in [6.45, 7) is 13.6. The number of carbonyl (C=O) groups excluding carboxylic acids is 1. The molecule has 0 bridgehead atoms. The standard InChI is InChI=1S/C40H81NO5/c1-5-9-12-14-21-27-36-44-40(45-37-28-22-15-13-10-6-2)31-24-18-20-26-33-41(34-35-42)32-25-19-16-17-23-30-39(43)46-38(8-4)29-11-7-3/h38,40,42H,5-37H2,1-4H3. The second kappa shape index (κ2) is 37.1. The first-order valence-electron chi connectivity index (χ1n) is 20.4. The third-order valence-corrected chi connectivity index (χ3v) is 9.17. The van der Waals surface area contributed by atoms with Gasteiger partial charge in [0.1, 0.15) is 6.10 Å². The third-order valence-electron chi connectivity index (χ3n) is 9.17. The van der Waals surface area contributed by atoms with Gasteiger partial charge in [-0.15, -0.1) is 0 Å². The predicted octanol–water partition coefficient (Wildman–Crippen LogP) is 11.2. The molecular weight excluding hydrogens is 574 g/mol. The lowest BCUT2D eigenvalue weighted by molar-refractivity contribution is -0.149. The van der Waals surface area contributed by atoms with Gasteiger partial charge in [0.2, 0.25) is 0 Å². The molecule has 0 rings (SSSR count). The summed E-state index contributed by atoms with van der Waals surface area (Å²) in [5.74, 6) is -0.0195. The summed E-state index contributed by atoms with van der Waals surface area (Å²) in [5.41, 5.74) is 0. The Kier molecular flexibility index (Phi) is 36.6. The summed E-state index contributed by atoms with van der Waals surface area (Å²) in [4.78, 5) is 14.6. The first-order chi connectivity index (χ1) is 22.6. The number of aliphatic hydroxyl groups is 1. The van der Waals surface area contributed by atoms with Crippen molar-refractivity contribution in [3.05, 3.63) is 0 Å². The topological polar surface area (TPSA) is 68.2 Å². The van der Waals surface area contributed by atoms with Gasteiger partial charge in [-0.25, -0.2) is 0 Å². The van der Waals surface area contributed by atoms with Gasteiger partial charge in [-0.05, 0) is 70.9 Å². The van der Waals surface area contributed by atoms with Crippen LogP contribution in [0.1, 0.15) is 201 Å². The number of hydrogen-bond acceptors (Lipinski definition) is 6. The van der Waals surface area contributed by atoms with Crippen molar-refractivity contribution in [3.63, 3.8) is 0 Å². The largest absolute Gasteiger partial charge is 0.462 e. The minimum Gasteiger partial charge on any atom is -0.462 e. The van der Waals surface area contributed by atoms with Crippen molar-refractivity contribution in [3.8, 4) is 0 Å². The van der Waals surface area contributed by atoms with Crippen molar-refractivity contribution < 1.29 is 24.1 Å². The Hall–Kier alpha value is -0.690. The maximum Gasteiger partial charge on any atom is 0.306 e. The Morgan fingerprint density at radius 3 is 1.54 bits per heavy atom. The van der Waals surface area contributed by atoms with Crippen LogP contribution in [0.2, 0.25) is 0 Å². The summed E-state index contributed by atoms with van der Waals surface area (Å²) in [6.07, 6.45) is 31.6. The van der Waals surface area contributed by atoms with Crippen molar-refractivity contribution in [1.29, 1.82) is 0 Å². The van der Waals surface area contributed by atoms with Gasteiger partial charge in [0.05, 0.1) is 6.61 Å². The van der Waals surface area contributed by atoms with E-state index >= 15 is 0 Å². The number of nitrogens with zero attached hydrogens (tertiary/aromatic N) is 1. The van der Waals surface area contributed by atoms with Gasteiger partial charge >= 0.3 is 5.97 Å². The Morgan fingerprint density at radius 1 is 0.543 bits per heavy atom. The molecule has 0 spiro atoms. The van der Waals surface area contributed by atoms with E-state index in [1.807, 2.05) is 0 Å². The lowest BCUT2D eigenvalue weighted by Crippen LogP contribution is -2.29. The molecule has 1 N–H and O–H groups in total. The monoisotopic (exact) mass is 656 g/mol. The highest BCUT2D eigenvalue weighted by atomic mass is 16.7. The number of rotatable bonds is 38. The van der Waals surface area contributed by atoms with Crippen LogP contribution in [0.3, 0.4) is 0 Å². The van der Waals surface area contributed by atoms with Crippen LogP contribution in [0.25, 0.3) is 0 Å². The molecule has 0 fully saturated rings. The number of unbranched alkanes of at least 4 members (excludes halogenated alkanes) is 18. The molecule has 0 amide bonds. The molecule has 1 unspecified atom stereocenters. The van der Waals surface area contributed by atoms with Gasteiger partial charge in [-0.3, -0.25) is 4.79 Å². The second-order valence-electron chi connectivity index (χ2n) is 13.7. The van der Waals surface area contributed by atoms with E-state index in [0.717, 1.165) is 110 Å². The molecule has 6 heteroatoms. The molecule has 0 aliphatic carbocycles. The van der Waals surface area contributed by atoms with Gasteiger partial charge in [0.15, 0.2) is 6.29 Å². The van der Waals surface area contributed by atoms with Crippen LogP contribution in [0.5, 0.6) is 0 Å². The first kappa shape index (κ1) is 45.3. The van der Waals surface area contributed by atoms with E-state index in [-0.39, 0.29) is 25.0 Å². The van der Waals surface area contributed by atoms with Crippen molar-refractivity contribution in [2.24, 2.45) is 0 Å². The second-order valence-corrected chi connectivity index (χ2v) is 13.7. The fraction of sp³-hybridized carbons (Fsp3) is 0.975. The van der Waals surface area contributed by atoms with Crippen LogP contribution < -0.4 is 0 Å². The lowest BCUT2D eigenvalue weighted by Gasteiger charge is -2.21. The van der Waals surface area contributed by atoms with Gasteiger partial charge in [-0.2, -0.15) is 0 Å². The van der Waals surface area contributed by atoms with Crippen LogP contribution in [-0.4, -0.2) is 67.8 Å². The fourth-order valence-electron chi connectivity index (χ4n) is 6.04. The Labute approximate surface area is 287 Å². The van der Waals surface area contributed by atoms with E-state index < -0.39 is 0 Å². The molecule has 276 valence electrons. The number of esters is 1. The first-order valence-corrected chi connectivity index (χ1v) is 20.4. The van der Waals surface area contributed by atoms with Gasteiger partial charge in [0, 0.05) is 26.2 Å². The normalized spacial score (nSPS) is 12.4. The highest BCUT2D eigenvalue weighted by molar-refractivity contribution is 5.69. The maximum atomic E-state index is 12.1. The van der Waals surface area contributed by atoms with E-state index in [1.54, 1.807) is 0 Å². The SMILES string of the molecule is CCCCCCCCOC(CCCCCCN(CCO)CCCCCCCC(=O)OC(CC)CCCC)OCCCCCCCC. The van der Waals surface area contributed by atoms with Crippen LogP contribution in [0.4, 0.5) is 0 Å². The molecule has 0 saturated heterocycles. The van der Waals surface area contributed by atoms with Gasteiger partial charge < -0.3 is 24.2 Å². The zero-order chi connectivity index (χ0) is 33.8. The van der Waals surface area contributed by atoms with Crippen molar-refractivity contribution in [2.75, 3.05) is 39.5 Å². The summed E-state index contributed by atoms with van der Waals surface area (Å²) < 4.78 is 18.1. The molecule has 0 radical (unpaired) electrons. The number of carbonyl (C=O) groups is 1. The van der Waals surface area contributed by atoms with Crippen molar-refractivity contribution in [1.82, 2.24) is 4.90 Å². The quantitative estimate of drug-likeness (QED) is 0.0405. The maximum absolute atomic E-state index is 12.1. The van der Waals surface area contributed by atoms with Crippen LogP contribution in [0, 0.1) is 0 Å². The zero-order valence-corrected chi connectivity index (χ0v) is 31.5. The van der Waals surface area contributed by atoms with Crippen molar-refractivity contribution in [2.45, 2.75) is 213 Å². The molecular formula is C40H81NO5. The Morgan fingerprint density at radius 2 is 1.02 bits per heavy atom. The molecule has 6 nitrogen and oxygen atoms in total. The van der Waals surface area contributed by atoms with Crippen molar-refractivity contribution >= 4 is 5.97 Å². The van der Waals surface area contributed by atoms with Crippen LogP contribution in [-0.2, 0) is 19.0 Å². The summed E-state index contributed by atoms with van der Waals surface area (Å²) >= 11 is 0.